The largest absolute Gasteiger partial charge is 0.315 e. The first-order valence-corrected chi connectivity index (χ1v) is 9.78. The van der Waals surface area contributed by atoms with Gasteiger partial charge in [-0.1, -0.05) is 70.6 Å². The van der Waals surface area contributed by atoms with Gasteiger partial charge in [0.15, 0.2) is 0 Å². The molecule has 1 amide bonds. The topological polar surface area (TPSA) is 42.0 Å². The fourth-order valence-electron chi connectivity index (χ4n) is 2.51. The Balaban J connectivity index is 1.95. The fourth-order valence-corrected chi connectivity index (χ4v) is 3.18. The Bertz CT molecular complexity index is 705. The van der Waals surface area contributed by atoms with Crippen LogP contribution >= 0.6 is 11.8 Å². The van der Waals surface area contributed by atoms with Crippen molar-refractivity contribution < 1.29 is 4.79 Å². The van der Waals surface area contributed by atoms with Gasteiger partial charge in [0.05, 0.1) is 11.4 Å². The first-order chi connectivity index (χ1) is 11.8. The second kappa shape index (κ2) is 8.52. The maximum atomic E-state index is 12.3. The molecular formula is C21H28N2OS. The maximum Gasteiger partial charge on any atom is 0.283 e. The van der Waals surface area contributed by atoms with Crippen molar-refractivity contribution in [1.82, 2.24) is 4.98 Å². The molecule has 0 radical (unpaired) electrons. The van der Waals surface area contributed by atoms with E-state index < -0.39 is 0 Å². The van der Waals surface area contributed by atoms with Crippen LogP contribution in [-0.4, -0.2) is 10.2 Å². The van der Waals surface area contributed by atoms with Gasteiger partial charge in [0, 0.05) is 17.9 Å². The van der Waals surface area contributed by atoms with Gasteiger partial charge in [-0.2, -0.15) is 0 Å². The Kier molecular flexibility index (Phi) is 6.65. The van der Waals surface area contributed by atoms with Crippen LogP contribution in [0.1, 0.15) is 63.8 Å². The summed E-state index contributed by atoms with van der Waals surface area (Å²) in [5.41, 5.74) is 4.38. The highest BCUT2D eigenvalue weighted by Crippen LogP contribution is 2.26. The number of aromatic nitrogens is 1. The molecule has 25 heavy (non-hydrogen) atoms. The van der Waals surface area contributed by atoms with Gasteiger partial charge in [-0.15, -0.1) is 0 Å². The molecule has 1 aromatic carbocycles. The monoisotopic (exact) mass is 356 g/mol. The molecule has 3 nitrogen and oxygen atoms in total. The molecule has 134 valence electrons. The summed E-state index contributed by atoms with van der Waals surface area (Å²) >= 11 is 1.29. The molecule has 0 saturated heterocycles. The van der Waals surface area contributed by atoms with Gasteiger partial charge in [-0.3, -0.25) is 9.78 Å². The second-order valence-electron chi connectivity index (χ2n) is 7.39. The molecule has 0 fully saturated rings. The minimum absolute atomic E-state index is 0.0440. The Hall–Kier alpha value is -1.81. The van der Waals surface area contributed by atoms with E-state index in [-0.39, 0.29) is 10.7 Å². The van der Waals surface area contributed by atoms with E-state index >= 15 is 0 Å². The van der Waals surface area contributed by atoms with E-state index in [1.54, 1.807) is 6.20 Å². The summed E-state index contributed by atoms with van der Waals surface area (Å²) in [7, 11) is 0. The highest BCUT2D eigenvalue weighted by molar-refractivity contribution is 8.13. The number of thioether (sulfide) groups is 1. The van der Waals surface area contributed by atoms with Crippen LogP contribution in [0.15, 0.2) is 42.6 Å². The van der Waals surface area contributed by atoms with Gasteiger partial charge >= 0.3 is 0 Å². The van der Waals surface area contributed by atoms with E-state index in [9.17, 15) is 4.79 Å². The number of hydrogen-bond donors (Lipinski definition) is 1. The molecular weight excluding hydrogens is 328 g/mol. The predicted octanol–water partition coefficient (Wildman–Crippen LogP) is 6.36. The van der Waals surface area contributed by atoms with E-state index in [1.807, 2.05) is 12.1 Å². The lowest BCUT2D eigenvalue weighted by Crippen LogP contribution is -2.11. The third kappa shape index (κ3) is 5.60. The van der Waals surface area contributed by atoms with Crippen LogP contribution in [0, 0.1) is 0 Å². The van der Waals surface area contributed by atoms with Crippen molar-refractivity contribution in [2.24, 2.45) is 0 Å². The number of pyridine rings is 1. The lowest BCUT2D eigenvalue weighted by molar-refractivity contribution is 0.269. The number of carbonyl (C=O) groups excluding carboxylic acids is 1. The number of rotatable bonds is 5. The van der Waals surface area contributed by atoms with Crippen molar-refractivity contribution in [2.45, 2.75) is 58.1 Å². The number of carbonyl (C=O) groups is 1. The quantitative estimate of drug-likeness (QED) is 0.678. The van der Waals surface area contributed by atoms with Crippen LogP contribution in [0.5, 0.6) is 0 Å². The Labute approximate surface area is 155 Å². The minimum atomic E-state index is -0.0440. The van der Waals surface area contributed by atoms with Gasteiger partial charge in [0.25, 0.3) is 5.24 Å². The standard InChI is InChI=1S/C21H28N2OS/c1-6-15(2)19-18(8-7-13-22-19)23-20(24)25-14-16-9-11-17(12-10-16)21(3,4)5/h7-13,15H,6,14H2,1-5H3,(H,23,24). The lowest BCUT2D eigenvalue weighted by Gasteiger charge is -2.19. The summed E-state index contributed by atoms with van der Waals surface area (Å²) in [5.74, 6) is 0.987. The second-order valence-corrected chi connectivity index (χ2v) is 8.34. The molecule has 1 heterocycles. The molecule has 1 unspecified atom stereocenters. The van der Waals surface area contributed by atoms with E-state index in [1.165, 1.54) is 17.3 Å². The SMILES string of the molecule is CCC(C)c1ncccc1NC(=O)SCc1ccc(C(C)(C)C)cc1. The average molecular weight is 357 g/mol. The van der Waals surface area contributed by atoms with Crippen molar-refractivity contribution in [3.8, 4) is 0 Å². The van der Waals surface area contributed by atoms with Crippen LogP contribution < -0.4 is 5.32 Å². The zero-order chi connectivity index (χ0) is 18.4. The van der Waals surface area contributed by atoms with Crippen LogP contribution in [0.25, 0.3) is 0 Å². The smallest absolute Gasteiger partial charge is 0.283 e. The molecule has 0 saturated carbocycles. The summed E-state index contributed by atoms with van der Waals surface area (Å²) in [4.78, 5) is 16.7. The molecule has 2 aromatic rings. The highest BCUT2D eigenvalue weighted by Gasteiger charge is 2.14. The van der Waals surface area contributed by atoms with Crippen molar-refractivity contribution in [3.63, 3.8) is 0 Å². The summed E-state index contributed by atoms with van der Waals surface area (Å²) in [6.07, 6.45) is 2.77. The summed E-state index contributed by atoms with van der Waals surface area (Å²) < 4.78 is 0. The molecule has 1 N–H and O–H groups in total. The van der Waals surface area contributed by atoms with Gasteiger partial charge < -0.3 is 5.32 Å². The summed E-state index contributed by atoms with van der Waals surface area (Å²) in [6, 6.07) is 12.3. The van der Waals surface area contributed by atoms with E-state index in [0.29, 0.717) is 11.7 Å². The number of amides is 1. The number of nitrogens with zero attached hydrogens (tertiary/aromatic N) is 1. The lowest BCUT2D eigenvalue weighted by atomic mass is 9.87. The van der Waals surface area contributed by atoms with Gasteiger partial charge in [0.2, 0.25) is 0 Å². The molecule has 0 aliphatic carbocycles. The Morgan fingerprint density at radius 3 is 2.48 bits per heavy atom. The van der Waals surface area contributed by atoms with Crippen molar-refractivity contribution >= 4 is 22.7 Å². The molecule has 4 heteroatoms. The van der Waals surface area contributed by atoms with Crippen LogP contribution in [0.3, 0.4) is 0 Å². The molecule has 0 aliphatic heterocycles. The van der Waals surface area contributed by atoms with Crippen LogP contribution in [0.4, 0.5) is 10.5 Å². The average Bonchev–Trinajstić information content (AvgIpc) is 2.59. The highest BCUT2D eigenvalue weighted by atomic mass is 32.2. The molecule has 1 atom stereocenters. The fraction of sp³-hybridized carbons (Fsp3) is 0.429. The van der Waals surface area contributed by atoms with Crippen molar-refractivity contribution in [1.29, 1.82) is 0 Å². The molecule has 2 rings (SSSR count). The van der Waals surface area contributed by atoms with Gasteiger partial charge in [-0.05, 0) is 35.1 Å². The number of anilines is 1. The first-order valence-electron chi connectivity index (χ1n) is 8.79. The first kappa shape index (κ1) is 19.5. The summed E-state index contributed by atoms with van der Waals surface area (Å²) in [6.45, 7) is 10.9. The summed E-state index contributed by atoms with van der Waals surface area (Å²) in [5, 5.41) is 2.95. The number of benzene rings is 1. The minimum Gasteiger partial charge on any atom is -0.315 e. The molecule has 1 aromatic heterocycles. The van der Waals surface area contributed by atoms with E-state index in [2.05, 4.69) is 69.2 Å². The third-order valence-corrected chi connectivity index (χ3v) is 5.19. The number of nitrogens with one attached hydrogen (secondary N) is 1. The van der Waals surface area contributed by atoms with Crippen LogP contribution in [-0.2, 0) is 11.2 Å². The Morgan fingerprint density at radius 1 is 1.20 bits per heavy atom. The van der Waals surface area contributed by atoms with Gasteiger partial charge in [-0.25, -0.2) is 0 Å². The van der Waals surface area contributed by atoms with Crippen molar-refractivity contribution in [3.05, 3.63) is 59.4 Å². The predicted molar refractivity (Wildman–Crippen MR) is 108 cm³/mol. The third-order valence-electron chi connectivity index (χ3n) is 4.34. The molecule has 0 spiro atoms. The van der Waals surface area contributed by atoms with Crippen LogP contribution in [0.2, 0.25) is 0 Å². The molecule has 0 aliphatic rings. The maximum absolute atomic E-state index is 12.3. The Morgan fingerprint density at radius 2 is 1.88 bits per heavy atom. The normalized spacial score (nSPS) is 12.7. The van der Waals surface area contributed by atoms with Crippen molar-refractivity contribution in [2.75, 3.05) is 5.32 Å². The van der Waals surface area contributed by atoms with E-state index in [0.717, 1.165) is 23.4 Å². The number of hydrogen-bond acceptors (Lipinski definition) is 3. The zero-order valence-electron chi connectivity index (χ0n) is 15.8. The zero-order valence-corrected chi connectivity index (χ0v) is 16.6. The molecule has 0 bridgehead atoms. The van der Waals surface area contributed by atoms with Gasteiger partial charge in [0.1, 0.15) is 0 Å². The van der Waals surface area contributed by atoms with E-state index in [4.69, 9.17) is 0 Å².